The van der Waals surface area contributed by atoms with Gasteiger partial charge in [0.1, 0.15) is 11.6 Å². The minimum Gasteiger partial charge on any atom is -0.300 e. The van der Waals surface area contributed by atoms with Crippen molar-refractivity contribution >= 4 is 11.6 Å². The molecule has 5 rings (SSSR count). The van der Waals surface area contributed by atoms with Crippen molar-refractivity contribution in [3.8, 4) is 0 Å². The van der Waals surface area contributed by atoms with Crippen molar-refractivity contribution in [3.05, 3.63) is 0 Å². The molecule has 0 aromatic rings. The summed E-state index contributed by atoms with van der Waals surface area (Å²) in [4.78, 5) is 24.3. The first-order valence-electron chi connectivity index (χ1n) is 9.06. The Balaban J connectivity index is 1.50. The van der Waals surface area contributed by atoms with Crippen LogP contribution in [0.25, 0.3) is 0 Å². The van der Waals surface area contributed by atoms with Gasteiger partial charge in [0.05, 0.1) is 0 Å². The van der Waals surface area contributed by atoms with Gasteiger partial charge in [-0.25, -0.2) is 0 Å². The molecule has 0 bridgehead atoms. The number of hydrogen-bond donors (Lipinski definition) is 0. The summed E-state index contributed by atoms with van der Waals surface area (Å²) in [5.41, 5.74) is 0.952. The Morgan fingerprint density at radius 2 is 1.81 bits per heavy atom. The maximum Gasteiger partial charge on any atom is 0.139 e. The van der Waals surface area contributed by atoms with E-state index in [4.69, 9.17) is 0 Å². The first-order valence-corrected chi connectivity index (χ1v) is 9.06. The Kier molecular flexibility index (Phi) is 2.22. The predicted molar refractivity (Wildman–Crippen MR) is 79.6 cm³/mol. The van der Waals surface area contributed by atoms with E-state index in [0.717, 1.165) is 43.9 Å². The van der Waals surface area contributed by atoms with Crippen molar-refractivity contribution in [2.24, 2.45) is 34.0 Å². The second-order valence-electron chi connectivity index (χ2n) is 9.16. The van der Waals surface area contributed by atoms with Crippen molar-refractivity contribution in [3.63, 3.8) is 0 Å². The van der Waals surface area contributed by atoms with Gasteiger partial charge in [-0.2, -0.15) is 0 Å². The minimum absolute atomic E-state index is 0.0111. The van der Waals surface area contributed by atoms with Gasteiger partial charge in [-0.05, 0) is 73.5 Å². The second kappa shape index (κ2) is 3.63. The first-order chi connectivity index (χ1) is 10.0. The van der Waals surface area contributed by atoms with Crippen molar-refractivity contribution in [2.45, 2.75) is 71.1 Å². The van der Waals surface area contributed by atoms with Crippen LogP contribution >= 0.6 is 0 Å². The Morgan fingerprint density at radius 1 is 0.952 bits per heavy atom. The van der Waals surface area contributed by atoms with E-state index >= 15 is 0 Å². The largest absolute Gasteiger partial charge is 0.300 e. The van der Waals surface area contributed by atoms with Crippen LogP contribution in [0, 0.1) is 34.0 Å². The van der Waals surface area contributed by atoms with Crippen LogP contribution in [0.3, 0.4) is 0 Å². The van der Waals surface area contributed by atoms with Gasteiger partial charge in [0, 0.05) is 24.7 Å². The monoisotopic (exact) mass is 286 g/mol. The normalized spacial score (nSPS) is 58.0. The Bertz CT molecular complexity index is 552. The number of rotatable bonds is 0. The molecule has 2 heteroatoms. The molecule has 0 heterocycles. The van der Waals surface area contributed by atoms with Crippen LogP contribution in [-0.2, 0) is 9.59 Å². The zero-order chi connectivity index (χ0) is 14.5. The molecule has 5 fully saturated rings. The standard InChI is InChI=1S/C19H26O2/c1-17-7-6-15-13(14(17)2-3-16(17)21)5-8-18-10-12(20)4-9-19(15,18)11-18/h13-15H,2-11H2,1H3/t13-,14-,15-,17+,18+,19-/m1/s1. The second-order valence-corrected chi connectivity index (χ2v) is 9.16. The van der Waals surface area contributed by atoms with Gasteiger partial charge in [0.25, 0.3) is 0 Å². The average Bonchev–Trinajstić information content (AvgIpc) is 3.05. The van der Waals surface area contributed by atoms with Gasteiger partial charge in [-0.3, -0.25) is 9.59 Å². The summed E-state index contributed by atoms with van der Waals surface area (Å²) >= 11 is 0. The third-order valence-electron chi connectivity index (χ3n) is 8.78. The van der Waals surface area contributed by atoms with E-state index in [1.807, 2.05) is 0 Å². The van der Waals surface area contributed by atoms with E-state index in [0.29, 0.717) is 28.3 Å². The van der Waals surface area contributed by atoms with Crippen LogP contribution in [0.15, 0.2) is 0 Å². The predicted octanol–water partition coefficient (Wildman–Crippen LogP) is 3.92. The van der Waals surface area contributed by atoms with E-state index in [1.54, 1.807) is 0 Å². The maximum atomic E-state index is 12.4. The fourth-order valence-corrected chi connectivity index (χ4v) is 7.71. The summed E-state index contributed by atoms with van der Waals surface area (Å²) in [6.45, 7) is 2.26. The van der Waals surface area contributed by atoms with Gasteiger partial charge in [0.15, 0.2) is 0 Å². The molecular formula is C19H26O2. The highest BCUT2D eigenvalue weighted by Gasteiger charge is 2.75. The van der Waals surface area contributed by atoms with E-state index < -0.39 is 0 Å². The van der Waals surface area contributed by atoms with Gasteiger partial charge < -0.3 is 0 Å². The molecule has 5 aliphatic rings. The molecule has 0 aliphatic heterocycles. The number of fused-ring (bicyclic) bond motifs is 3. The Morgan fingerprint density at radius 3 is 2.67 bits per heavy atom. The molecule has 0 N–H and O–H groups in total. The SMILES string of the molecule is C[C@]12CC[C@@H]3[C@H](CC[C@@]45CC(=O)CC[C@@]34C5)[C@H]1CCC2=O. The number of hydrogen-bond acceptors (Lipinski definition) is 2. The lowest BCUT2D eigenvalue weighted by molar-refractivity contribution is -0.134. The van der Waals surface area contributed by atoms with E-state index in [-0.39, 0.29) is 5.41 Å². The molecule has 0 spiro atoms. The summed E-state index contributed by atoms with van der Waals surface area (Å²) in [7, 11) is 0. The molecule has 5 saturated carbocycles. The molecule has 0 radical (unpaired) electrons. The van der Waals surface area contributed by atoms with Crippen molar-refractivity contribution in [1.29, 1.82) is 0 Å². The molecule has 21 heavy (non-hydrogen) atoms. The van der Waals surface area contributed by atoms with Crippen LogP contribution in [-0.4, -0.2) is 11.6 Å². The van der Waals surface area contributed by atoms with Crippen LogP contribution in [0.1, 0.15) is 71.1 Å². The number of Topliss-reactive ketones (excluding diaryl/α,β-unsaturated/α-hetero) is 2. The number of carbonyl (C=O) groups is 2. The molecule has 114 valence electrons. The fraction of sp³-hybridized carbons (Fsp3) is 0.895. The molecule has 0 saturated heterocycles. The Labute approximate surface area is 127 Å². The fourth-order valence-electron chi connectivity index (χ4n) is 7.71. The molecule has 5 aliphatic carbocycles. The zero-order valence-electron chi connectivity index (χ0n) is 13.1. The van der Waals surface area contributed by atoms with Crippen molar-refractivity contribution in [2.75, 3.05) is 0 Å². The maximum absolute atomic E-state index is 12.4. The highest BCUT2D eigenvalue weighted by atomic mass is 16.1. The van der Waals surface area contributed by atoms with Crippen molar-refractivity contribution < 1.29 is 9.59 Å². The van der Waals surface area contributed by atoms with E-state index in [1.165, 1.54) is 32.1 Å². The lowest BCUT2D eigenvalue weighted by Gasteiger charge is -2.53. The summed E-state index contributed by atoms with van der Waals surface area (Å²) in [6.07, 6.45) is 11.2. The molecule has 0 unspecified atom stereocenters. The summed E-state index contributed by atoms with van der Waals surface area (Å²) in [5.74, 6) is 3.37. The zero-order valence-corrected chi connectivity index (χ0v) is 13.1. The first kappa shape index (κ1) is 12.8. The summed E-state index contributed by atoms with van der Waals surface area (Å²) in [6, 6.07) is 0. The van der Waals surface area contributed by atoms with Crippen LogP contribution in [0.4, 0.5) is 0 Å². The van der Waals surface area contributed by atoms with Gasteiger partial charge in [-0.1, -0.05) is 6.92 Å². The lowest BCUT2D eigenvalue weighted by Crippen LogP contribution is -2.48. The van der Waals surface area contributed by atoms with Crippen LogP contribution in [0.5, 0.6) is 0 Å². The summed E-state index contributed by atoms with van der Waals surface area (Å²) < 4.78 is 0. The smallest absolute Gasteiger partial charge is 0.139 e. The Hall–Kier alpha value is -0.660. The van der Waals surface area contributed by atoms with Gasteiger partial charge in [-0.15, -0.1) is 0 Å². The highest BCUT2D eigenvalue weighted by Crippen LogP contribution is 2.82. The van der Waals surface area contributed by atoms with Gasteiger partial charge in [0.2, 0.25) is 0 Å². The molecule has 0 aromatic heterocycles. The minimum atomic E-state index is 0.0111. The summed E-state index contributed by atoms with van der Waals surface area (Å²) in [5, 5.41) is 0. The third kappa shape index (κ3) is 1.32. The van der Waals surface area contributed by atoms with Crippen molar-refractivity contribution in [1.82, 2.24) is 0 Å². The molecular weight excluding hydrogens is 260 g/mol. The topological polar surface area (TPSA) is 34.1 Å². The molecule has 0 amide bonds. The molecule has 2 nitrogen and oxygen atoms in total. The van der Waals surface area contributed by atoms with Crippen LogP contribution < -0.4 is 0 Å². The molecule has 0 aromatic carbocycles. The van der Waals surface area contributed by atoms with Crippen LogP contribution in [0.2, 0.25) is 0 Å². The quantitative estimate of drug-likeness (QED) is 0.676. The van der Waals surface area contributed by atoms with E-state index in [2.05, 4.69) is 6.92 Å². The lowest BCUT2D eigenvalue weighted by atomic mass is 9.50. The van der Waals surface area contributed by atoms with E-state index in [9.17, 15) is 9.59 Å². The third-order valence-corrected chi connectivity index (χ3v) is 8.78. The average molecular weight is 286 g/mol. The molecule has 6 atom stereocenters. The highest BCUT2D eigenvalue weighted by molar-refractivity contribution is 5.87. The van der Waals surface area contributed by atoms with Gasteiger partial charge >= 0.3 is 0 Å². The number of carbonyl (C=O) groups excluding carboxylic acids is 2. The number of ketones is 2.